The molecule has 20 heavy (non-hydrogen) atoms. The Hall–Kier alpha value is -2.08. The van der Waals surface area contributed by atoms with Gasteiger partial charge in [0.25, 0.3) is 11.4 Å². The van der Waals surface area contributed by atoms with Crippen LogP contribution in [-0.4, -0.2) is 21.8 Å². The summed E-state index contributed by atoms with van der Waals surface area (Å²) in [5, 5.41) is 9.27. The minimum absolute atomic E-state index is 0.0370. The highest BCUT2D eigenvalue weighted by Gasteiger charge is 2.13. The van der Waals surface area contributed by atoms with Gasteiger partial charge in [-0.25, -0.2) is 5.10 Å². The van der Waals surface area contributed by atoms with E-state index < -0.39 is 5.56 Å². The summed E-state index contributed by atoms with van der Waals surface area (Å²) in [5.41, 5.74) is 0.905. The monoisotopic (exact) mass is 294 g/mol. The van der Waals surface area contributed by atoms with Gasteiger partial charge in [0.05, 0.1) is 6.61 Å². The highest BCUT2D eigenvalue weighted by atomic mass is 35.5. The average Bonchev–Trinajstić information content (AvgIpc) is 2.48. The van der Waals surface area contributed by atoms with Gasteiger partial charge in [0, 0.05) is 18.9 Å². The third-order valence-electron chi connectivity index (χ3n) is 2.53. The summed E-state index contributed by atoms with van der Waals surface area (Å²) >= 11 is 6.00. The summed E-state index contributed by atoms with van der Waals surface area (Å²) in [7, 11) is 0. The van der Waals surface area contributed by atoms with E-state index in [2.05, 4.69) is 20.5 Å². The van der Waals surface area contributed by atoms with Crippen LogP contribution in [0.1, 0.15) is 18.9 Å². The first-order valence-electron chi connectivity index (χ1n) is 6.26. The van der Waals surface area contributed by atoms with Crippen molar-refractivity contribution in [2.24, 2.45) is 0 Å². The molecule has 0 aromatic carbocycles. The Morgan fingerprint density at radius 1 is 1.50 bits per heavy atom. The highest BCUT2D eigenvalue weighted by molar-refractivity contribution is 6.33. The van der Waals surface area contributed by atoms with Gasteiger partial charge in [-0.1, -0.05) is 24.6 Å². The zero-order valence-corrected chi connectivity index (χ0v) is 11.8. The predicted octanol–water partition coefficient (Wildman–Crippen LogP) is 2.22. The van der Waals surface area contributed by atoms with Crippen molar-refractivity contribution in [3.05, 3.63) is 45.5 Å². The van der Waals surface area contributed by atoms with Crippen molar-refractivity contribution in [2.45, 2.75) is 19.9 Å². The van der Waals surface area contributed by atoms with E-state index in [1.165, 1.54) is 0 Å². The van der Waals surface area contributed by atoms with Crippen LogP contribution in [0.3, 0.4) is 0 Å². The molecule has 2 N–H and O–H groups in total. The van der Waals surface area contributed by atoms with Gasteiger partial charge < -0.3 is 10.1 Å². The van der Waals surface area contributed by atoms with Crippen molar-refractivity contribution in [3.63, 3.8) is 0 Å². The minimum atomic E-state index is -0.454. The first kappa shape index (κ1) is 14.3. The van der Waals surface area contributed by atoms with E-state index in [4.69, 9.17) is 16.3 Å². The van der Waals surface area contributed by atoms with Crippen molar-refractivity contribution in [3.8, 4) is 5.88 Å². The topological polar surface area (TPSA) is 79.9 Å². The number of aromatic amines is 1. The fourth-order valence-corrected chi connectivity index (χ4v) is 1.75. The maximum atomic E-state index is 11.5. The summed E-state index contributed by atoms with van der Waals surface area (Å²) in [6, 6.07) is 3.75. The number of nitrogens with one attached hydrogen (secondary N) is 2. The van der Waals surface area contributed by atoms with Gasteiger partial charge in [0.15, 0.2) is 0 Å². The van der Waals surface area contributed by atoms with Crippen LogP contribution in [0.4, 0.5) is 5.69 Å². The number of rotatable bonds is 6. The molecular weight excluding hydrogens is 280 g/mol. The second kappa shape index (κ2) is 6.91. The average molecular weight is 295 g/mol. The van der Waals surface area contributed by atoms with Gasteiger partial charge in [0.2, 0.25) is 0 Å². The van der Waals surface area contributed by atoms with E-state index in [1.54, 1.807) is 12.4 Å². The van der Waals surface area contributed by atoms with E-state index in [9.17, 15) is 4.79 Å². The predicted molar refractivity (Wildman–Crippen MR) is 77.2 cm³/mol. The summed E-state index contributed by atoms with van der Waals surface area (Å²) in [6.07, 6.45) is 4.26. The van der Waals surface area contributed by atoms with Crippen LogP contribution in [0.15, 0.2) is 29.3 Å². The molecule has 0 amide bonds. The Bertz CT molecular complexity index is 616. The van der Waals surface area contributed by atoms with Gasteiger partial charge in [0.1, 0.15) is 10.7 Å². The molecule has 0 unspecified atom stereocenters. The number of nitrogens with zero attached hydrogens (tertiary/aromatic N) is 2. The van der Waals surface area contributed by atoms with E-state index in [0.29, 0.717) is 24.7 Å². The van der Waals surface area contributed by atoms with Gasteiger partial charge in [-0.05, 0) is 18.1 Å². The Labute approximate surface area is 121 Å². The molecule has 6 nitrogen and oxygen atoms in total. The van der Waals surface area contributed by atoms with E-state index in [0.717, 1.165) is 12.0 Å². The van der Waals surface area contributed by atoms with Gasteiger partial charge in [-0.15, -0.1) is 5.10 Å². The molecule has 0 spiro atoms. The molecule has 0 saturated heterocycles. The quantitative estimate of drug-likeness (QED) is 0.854. The van der Waals surface area contributed by atoms with Crippen molar-refractivity contribution < 1.29 is 4.74 Å². The van der Waals surface area contributed by atoms with Crippen molar-refractivity contribution in [2.75, 3.05) is 11.9 Å². The molecule has 2 heterocycles. The number of pyridine rings is 1. The molecule has 0 aliphatic heterocycles. The normalized spacial score (nSPS) is 10.3. The third-order valence-corrected chi connectivity index (χ3v) is 2.89. The second-order valence-corrected chi connectivity index (χ2v) is 4.49. The molecule has 106 valence electrons. The lowest BCUT2D eigenvalue weighted by molar-refractivity contribution is 0.303. The molecule has 2 aromatic rings. The number of hydrogen-bond donors (Lipinski definition) is 2. The molecule has 0 aliphatic carbocycles. The Balaban J connectivity index is 2.20. The largest absolute Gasteiger partial charge is 0.475 e. The van der Waals surface area contributed by atoms with Crippen molar-refractivity contribution >= 4 is 17.3 Å². The minimum Gasteiger partial charge on any atom is -0.475 e. The molecule has 7 heteroatoms. The van der Waals surface area contributed by atoms with Gasteiger partial charge in [-0.3, -0.25) is 9.78 Å². The molecule has 2 aromatic heterocycles. The molecule has 0 aliphatic rings. The van der Waals surface area contributed by atoms with Crippen LogP contribution in [0.5, 0.6) is 5.88 Å². The summed E-state index contributed by atoms with van der Waals surface area (Å²) in [4.78, 5) is 15.5. The standard InChI is InChI=1S/C13H15ClN4O2/c1-2-6-20-13-11(10(14)12(19)17-18-13)16-8-9-4-3-5-15-7-9/h3-5,7H,2,6,8H2,1H3,(H2,16,17,19). The van der Waals surface area contributed by atoms with Crippen LogP contribution in [0.2, 0.25) is 5.02 Å². The Morgan fingerprint density at radius 2 is 2.35 bits per heavy atom. The Kier molecular flexibility index (Phi) is 4.95. The van der Waals surface area contributed by atoms with Crippen LogP contribution in [0.25, 0.3) is 0 Å². The van der Waals surface area contributed by atoms with Gasteiger partial charge in [-0.2, -0.15) is 0 Å². The summed E-state index contributed by atoms with van der Waals surface area (Å²) < 4.78 is 5.47. The number of H-pyrrole nitrogens is 1. The second-order valence-electron chi connectivity index (χ2n) is 4.11. The van der Waals surface area contributed by atoms with Crippen molar-refractivity contribution in [1.82, 2.24) is 15.2 Å². The fourth-order valence-electron chi connectivity index (χ4n) is 1.56. The molecule has 0 bridgehead atoms. The van der Waals surface area contributed by atoms with E-state index in [-0.39, 0.29) is 5.02 Å². The van der Waals surface area contributed by atoms with Crippen LogP contribution >= 0.6 is 11.6 Å². The highest BCUT2D eigenvalue weighted by Crippen LogP contribution is 2.27. The molecular formula is C13H15ClN4O2. The van der Waals surface area contributed by atoms with Crippen molar-refractivity contribution in [1.29, 1.82) is 0 Å². The number of halogens is 1. The molecule has 2 rings (SSSR count). The summed E-state index contributed by atoms with van der Waals surface area (Å²) in [6.45, 7) is 2.95. The summed E-state index contributed by atoms with van der Waals surface area (Å²) in [5.74, 6) is 0.292. The Morgan fingerprint density at radius 3 is 3.05 bits per heavy atom. The smallest absolute Gasteiger partial charge is 0.285 e. The fraction of sp³-hybridized carbons (Fsp3) is 0.308. The first-order chi connectivity index (χ1) is 9.72. The van der Waals surface area contributed by atoms with Crippen LogP contribution in [-0.2, 0) is 6.54 Å². The molecule has 0 fully saturated rings. The third kappa shape index (κ3) is 3.48. The molecule has 0 saturated carbocycles. The van der Waals surface area contributed by atoms with E-state index in [1.807, 2.05) is 19.1 Å². The number of hydrogen-bond acceptors (Lipinski definition) is 5. The maximum Gasteiger partial charge on any atom is 0.285 e. The zero-order valence-electron chi connectivity index (χ0n) is 11.0. The maximum absolute atomic E-state index is 11.5. The molecule has 0 radical (unpaired) electrons. The first-order valence-corrected chi connectivity index (χ1v) is 6.64. The lowest BCUT2D eigenvalue weighted by Gasteiger charge is -2.12. The number of ether oxygens (including phenoxy) is 1. The lowest BCUT2D eigenvalue weighted by Crippen LogP contribution is -2.15. The van der Waals surface area contributed by atoms with Crippen LogP contribution in [0, 0.1) is 0 Å². The van der Waals surface area contributed by atoms with Crippen LogP contribution < -0.4 is 15.6 Å². The number of anilines is 1. The SMILES string of the molecule is CCCOc1n[nH]c(=O)c(Cl)c1NCc1cccnc1. The zero-order chi connectivity index (χ0) is 14.4. The van der Waals surface area contributed by atoms with Gasteiger partial charge >= 0.3 is 0 Å². The molecule has 0 atom stereocenters. The number of aromatic nitrogens is 3. The van der Waals surface area contributed by atoms with E-state index >= 15 is 0 Å². The lowest BCUT2D eigenvalue weighted by atomic mass is 10.3.